The summed E-state index contributed by atoms with van der Waals surface area (Å²) in [6.45, 7) is 6.79. The van der Waals surface area contributed by atoms with E-state index in [9.17, 15) is 0 Å². The second kappa shape index (κ2) is 3.54. The summed E-state index contributed by atoms with van der Waals surface area (Å²) < 4.78 is 0. The van der Waals surface area contributed by atoms with Gasteiger partial charge in [0.15, 0.2) is 0 Å². The van der Waals surface area contributed by atoms with Crippen molar-refractivity contribution in [3.05, 3.63) is 11.3 Å². The van der Waals surface area contributed by atoms with Crippen LogP contribution in [0.1, 0.15) is 51.3 Å². The molecule has 0 aromatic carbocycles. The molecule has 0 amide bonds. The van der Waals surface area contributed by atoms with Gasteiger partial charge in [0.25, 0.3) is 0 Å². The molecule has 2 rings (SSSR count). The number of rotatable bonds is 4. The first-order valence-electron chi connectivity index (χ1n) is 5.90. The SMILES string of the molecule is CCCc1c(N)n[nH]c1C(C)(C)C1CC1. The number of anilines is 1. The quantitative estimate of drug-likeness (QED) is 0.797. The maximum atomic E-state index is 5.90. The van der Waals surface area contributed by atoms with Gasteiger partial charge >= 0.3 is 0 Å². The van der Waals surface area contributed by atoms with Crippen molar-refractivity contribution in [2.45, 2.75) is 51.9 Å². The number of H-pyrrole nitrogens is 1. The molecule has 0 spiro atoms. The minimum absolute atomic E-state index is 0.217. The molecule has 1 aromatic heterocycles. The summed E-state index contributed by atoms with van der Waals surface area (Å²) in [5, 5.41) is 7.31. The highest BCUT2D eigenvalue weighted by Gasteiger charge is 2.41. The number of aromatic amines is 1. The summed E-state index contributed by atoms with van der Waals surface area (Å²) in [5.41, 5.74) is 8.63. The molecule has 0 bridgehead atoms. The zero-order valence-electron chi connectivity index (χ0n) is 9.93. The highest BCUT2D eigenvalue weighted by Crippen LogP contribution is 2.47. The number of nitrogens with one attached hydrogen (secondary N) is 1. The molecule has 84 valence electrons. The van der Waals surface area contributed by atoms with Crippen LogP contribution < -0.4 is 5.73 Å². The Morgan fingerprint density at radius 3 is 2.67 bits per heavy atom. The number of aromatic nitrogens is 2. The molecular formula is C12H21N3. The molecule has 0 saturated heterocycles. The molecule has 0 aliphatic heterocycles. The van der Waals surface area contributed by atoms with Gasteiger partial charge in [-0.15, -0.1) is 0 Å². The fraction of sp³-hybridized carbons (Fsp3) is 0.750. The summed E-state index contributed by atoms with van der Waals surface area (Å²) in [7, 11) is 0. The monoisotopic (exact) mass is 207 g/mol. The van der Waals surface area contributed by atoms with Crippen molar-refractivity contribution in [3.63, 3.8) is 0 Å². The van der Waals surface area contributed by atoms with E-state index >= 15 is 0 Å². The van der Waals surface area contributed by atoms with Crippen molar-refractivity contribution in [1.29, 1.82) is 0 Å². The maximum absolute atomic E-state index is 5.90. The van der Waals surface area contributed by atoms with Gasteiger partial charge in [0.2, 0.25) is 0 Å². The van der Waals surface area contributed by atoms with Crippen LogP contribution in [0.15, 0.2) is 0 Å². The van der Waals surface area contributed by atoms with E-state index in [1.807, 2.05) is 0 Å². The molecule has 1 aliphatic rings. The number of hydrogen-bond acceptors (Lipinski definition) is 2. The normalized spacial score (nSPS) is 17.0. The van der Waals surface area contributed by atoms with Crippen LogP contribution in [-0.4, -0.2) is 10.2 Å². The second-order valence-electron chi connectivity index (χ2n) is 5.21. The third-order valence-corrected chi connectivity index (χ3v) is 3.64. The van der Waals surface area contributed by atoms with Gasteiger partial charge in [0.1, 0.15) is 5.82 Å². The molecule has 3 heteroatoms. The minimum atomic E-state index is 0.217. The molecule has 3 N–H and O–H groups in total. The van der Waals surface area contributed by atoms with E-state index in [0.717, 1.165) is 18.8 Å². The molecule has 1 aromatic rings. The topological polar surface area (TPSA) is 54.7 Å². The lowest BCUT2D eigenvalue weighted by molar-refractivity contribution is 0.436. The summed E-state index contributed by atoms with van der Waals surface area (Å²) in [6.07, 6.45) is 4.85. The van der Waals surface area contributed by atoms with Crippen LogP contribution in [0.2, 0.25) is 0 Å². The Labute approximate surface area is 91.4 Å². The average molecular weight is 207 g/mol. The lowest BCUT2D eigenvalue weighted by Crippen LogP contribution is -2.22. The highest BCUT2D eigenvalue weighted by atomic mass is 15.2. The van der Waals surface area contributed by atoms with E-state index in [0.29, 0.717) is 5.82 Å². The lowest BCUT2D eigenvalue weighted by atomic mass is 9.81. The van der Waals surface area contributed by atoms with Crippen LogP contribution in [-0.2, 0) is 11.8 Å². The first-order chi connectivity index (χ1) is 7.07. The van der Waals surface area contributed by atoms with E-state index in [1.54, 1.807) is 0 Å². The number of nitrogens with zero attached hydrogens (tertiary/aromatic N) is 1. The third kappa shape index (κ3) is 1.75. The van der Waals surface area contributed by atoms with Gasteiger partial charge in [-0.05, 0) is 25.2 Å². The first kappa shape index (κ1) is 10.5. The van der Waals surface area contributed by atoms with Crippen molar-refractivity contribution in [1.82, 2.24) is 10.2 Å². The largest absolute Gasteiger partial charge is 0.382 e. The zero-order valence-corrected chi connectivity index (χ0v) is 9.93. The van der Waals surface area contributed by atoms with E-state index in [2.05, 4.69) is 31.0 Å². The van der Waals surface area contributed by atoms with Crippen molar-refractivity contribution >= 4 is 5.82 Å². The van der Waals surface area contributed by atoms with Crippen LogP contribution >= 0.6 is 0 Å². The van der Waals surface area contributed by atoms with Gasteiger partial charge in [0, 0.05) is 16.7 Å². The van der Waals surface area contributed by atoms with E-state index in [1.165, 1.54) is 24.1 Å². The fourth-order valence-electron chi connectivity index (χ4n) is 2.42. The number of nitrogens with two attached hydrogens (primary N) is 1. The Hall–Kier alpha value is -0.990. The highest BCUT2D eigenvalue weighted by molar-refractivity contribution is 5.45. The molecule has 1 saturated carbocycles. The Kier molecular flexibility index (Phi) is 2.49. The maximum Gasteiger partial charge on any atom is 0.148 e. The zero-order chi connectivity index (χ0) is 11.1. The Bertz CT molecular complexity index is 348. The molecular weight excluding hydrogens is 186 g/mol. The number of nitrogen functional groups attached to an aromatic ring is 1. The smallest absolute Gasteiger partial charge is 0.148 e. The van der Waals surface area contributed by atoms with Gasteiger partial charge in [-0.2, -0.15) is 5.10 Å². The standard InChI is InChI=1S/C12H21N3/c1-4-5-9-10(14-15-11(9)13)12(2,3)8-6-7-8/h8H,4-7H2,1-3H3,(H3,13,14,15). The van der Waals surface area contributed by atoms with E-state index in [-0.39, 0.29) is 5.41 Å². The predicted octanol–water partition coefficient (Wildman–Crippen LogP) is 2.63. The number of hydrogen-bond donors (Lipinski definition) is 2. The summed E-state index contributed by atoms with van der Waals surface area (Å²) >= 11 is 0. The molecule has 1 aliphatic carbocycles. The summed E-state index contributed by atoms with van der Waals surface area (Å²) in [4.78, 5) is 0. The Balaban J connectivity index is 2.33. The molecule has 3 nitrogen and oxygen atoms in total. The molecule has 1 fully saturated rings. The average Bonchev–Trinajstić information content (AvgIpc) is 2.95. The minimum Gasteiger partial charge on any atom is -0.382 e. The van der Waals surface area contributed by atoms with Crippen molar-refractivity contribution in [2.24, 2.45) is 5.92 Å². The summed E-state index contributed by atoms with van der Waals surface area (Å²) in [5.74, 6) is 1.51. The second-order valence-corrected chi connectivity index (χ2v) is 5.21. The molecule has 0 atom stereocenters. The Morgan fingerprint density at radius 2 is 2.13 bits per heavy atom. The van der Waals surface area contributed by atoms with Gasteiger partial charge < -0.3 is 5.73 Å². The Morgan fingerprint density at radius 1 is 1.47 bits per heavy atom. The van der Waals surface area contributed by atoms with Gasteiger partial charge in [-0.3, -0.25) is 5.10 Å². The van der Waals surface area contributed by atoms with Gasteiger partial charge in [0.05, 0.1) is 0 Å². The molecule has 0 radical (unpaired) electrons. The van der Waals surface area contributed by atoms with Gasteiger partial charge in [-0.1, -0.05) is 27.2 Å². The van der Waals surface area contributed by atoms with Crippen LogP contribution in [0.3, 0.4) is 0 Å². The van der Waals surface area contributed by atoms with Crippen LogP contribution in [0.25, 0.3) is 0 Å². The molecule has 0 unspecified atom stereocenters. The van der Waals surface area contributed by atoms with Crippen molar-refractivity contribution < 1.29 is 0 Å². The van der Waals surface area contributed by atoms with Crippen molar-refractivity contribution in [2.75, 3.05) is 5.73 Å². The fourth-order valence-corrected chi connectivity index (χ4v) is 2.42. The predicted molar refractivity (Wildman–Crippen MR) is 62.7 cm³/mol. The molecule has 1 heterocycles. The van der Waals surface area contributed by atoms with E-state index in [4.69, 9.17) is 5.73 Å². The van der Waals surface area contributed by atoms with Crippen molar-refractivity contribution in [3.8, 4) is 0 Å². The lowest BCUT2D eigenvalue weighted by Gasteiger charge is -2.24. The van der Waals surface area contributed by atoms with Crippen LogP contribution in [0, 0.1) is 5.92 Å². The summed E-state index contributed by atoms with van der Waals surface area (Å²) in [6, 6.07) is 0. The molecule has 15 heavy (non-hydrogen) atoms. The third-order valence-electron chi connectivity index (χ3n) is 3.64. The first-order valence-corrected chi connectivity index (χ1v) is 5.90. The van der Waals surface area contributed by atoms with Gasteiger partial charge in [-0.25, -0.2) is 0 Å². The van der Waals surface area contributed by atoms with Crippen LogP contribution in [0.5, 0.6) is 0 Å². The van der Waals surface area contributed by atoms with E-state index < -0.39 is 0 Å². The van der Waals surface area contributed by atoms with Crippen LogP contribution in [0.4, 0.5) is 5.82 Å².